The molecule has 1 amide bonds. The number of carbonyl (C=O) groups excluding carboxylic acids is 1. The number of nitrogens with one attached hydrogen (secondary N) is 1. The number of hydrogen-bond donors (Lipinski definition) is 2. The second-order valence-electron chi connectivity index (χ2n) is 5.62. The lowest BCUT2D eigenvalue weighted by Gasteiger charge is -2.18. The van der Waals surface area contributed by atoms with Crippen molar-refractivity contribution in [3.63, 3.8) is 0 Å². The lowest BCUT2D eigenvalue weighted by molar-refractivity contribution is -0.143. The van der Waals surface area contributed by atoms with E-state index in [9.17, 15) is 9.59 Å². The van der Waals surface area contributed by atoms with Crippen molar-refractivity contribution in [2.45, 2.75) is 46.3 Å². The predicted octanol–water partition coefficient (Wildman–Crippen LogP) is 2.24. The van der Waals surface area contributed by atoms with Crippen LogP contribution in [0, 0.1) is 5.92 Å². The Morgan fingerprint density at radius 2 is 1.90 bits per heavy atom. The summed E-state index contributed by atoms with van der Waals surface area (Å²) in [7, 11) is 0. The number of carbonyl (C=O) groups is 2. The average molecular weight is 293 g/mol. The van der Waals surface area contributed by atoms with Crippen LogP contribution >= 0.6 is 0 Å². The number of carboxylic acid groups (broad SMARTS) is 1. The molecule has 1 aromatic rings. The molecular formula is C16H23NO4. The number of ether oxygens (including phenoxy) is 1. The topological polar surface area (TPSA) is 75.6 Å². The van der Waals surface area contributed by atoms with Crippen LogP contribution in [0.5, 0.6) is 5.75 Å². The molecule has 0 heterocycles. The third kappa shape index (κ3) is 5.85. The predicted molar refractivity (Wildman–Crippen MR) is 80.3 cm³/mol. The van der Waals surface area contributed by atoms with Gasteiger partial charge in [-0.1, -0.05) is 26.0 Å². The van der Waals surface area contributed by atoms with Crippen LogP contribution in [0.3, 0.4) is 0 Å². The van der Waals surface area contributed by atoms with E-state index in [2.05, 4.69) is 5.32 Å². The summed E-state index contributed by atoms with van der Waals surface area (Å²) < 4.78 is 5.57. The number of rotatable bonds is 7. The second-order valence-corrected chi connectivity index (χ2v) is 5.62. The smallest absolute Gasteiger partial charge is 0.326 e. The minimum absolute atomic E-state index is 0.0615. The van der Waals surface area contributed by atoms with Gasteiger partial charge in [0.15, 0.2) is 0 Å². The van der Waals surface area contributed by atoms with Crippen LogP contribution in [-0.2, 0) is 16.0 Å². The SMILES string of the molecule is CC(C)Oc1cccc(CC(=O)N[C@@H](C(=O)O)C(C)C)c1. The maximum absolute atomic E-state index is 12.0. The Balaban J connectivity index is 2.68. The molecule has 5 heteroatoms. The zero-order chi connectivity index (χ0) is 16.0. The Labute approximate surface area is 125 Å². The third-order valence-corrected chi connectivity index (χ3v) is 2.88. The van der Waals surface area contributed by atoms with E-state index < -0.39 is 12.0 Å². The molecule has 0 aromatic heterocycles. The van der Waals surface area contributed by atoms with Crippen LogP contribution in [-0.4, -0.2) is 29.1 Å². The minimum atomic E-state index is -1.02. The molecule has 0 bridgehead atoms. The molecule has 0 saturated heterocycles. The van der Waals surface area contributed by atoms with Crippen molar-refractivity contribution < 1.29 is 19.4 Å². The first-order valence-corrected chi connectivity index (χ1v) is 7.07. The number of carboxylic acids is 1. The van der Waals surface area contributed by atoms with E-state index in [1.54, 1.807) is 19.9 Å². The van der Waals surface area contributed by atoms with Crippen molar-refractivity contribution in [3.8, 4) is 5.75 Å². The van der Waals surface area contributed by atoms with Crippen molar-refractivity contribution in [1.82, 2.24) is 5.32 Å². The van der Waals surface area contributed by atoms with E-state index in [-0.39, 0.29) is 24.3 Å². The summed E-state index contributed by atoms with van der Waals surface area (Å²) in [5.74, 6) is -0.788. The quantitative estimate of drug-likeness (QED) is 0.808. The summed E-state index contributed by atoms with van der Waals surface area (Å²) in [4.78, 5) is 23.0. The van der Waals surface area contributed by atoms with Gasteiger partial charge in [0.1, 0.15) is 11.8 Å². The lowest BCUT2D eigenvalue weighted by atomic mass is 10.0. The molecule has 0 spiro atoms. The Morgan fingerprint density at radius 3 is 2.43 bits per heavy atom. The number of benzene rings is 1. The molecule has 116 valence electrons. The van der Waals surface area contributed by atoms with Crippen molar-refractivity contribution >= 4 is 11.9 Å². The molecule has 1 rings (SSSR count). The van der Waals surface area contributed by atoms with Gasteiger partial charge >= 0.3 is 5.97 Å². The molecule has 1 atom stereocenters. The molecule has 0 fully saturated rings. The third-order valence-electron chi connectivity index (χ3n) is 2.88. The largest absolute Gasteiger partial charge is 0.491 e. The maximum atomic E-state index is 12.0. The Bertz CT molecular complexity index is 497. The van der Waals surface area contributed by atoms with Crippen LogP contribution in [0.1, 0.15) is 33.3 Å². The van der Waals surface area contributed by atoms with Crippen LogP contribution < -0.4 is 10.1 Å². The fraction of sp³-hybridized carbons (Fsp3) is 0.500. The van der Waals surface area contributed by atoms with Gasteiger partial charge in [0.2, 0.25) is 5.91 Å². The maximum Gasteiger partial charge on any atom is 0.326 e. The van der Waals surface area contributed by atoms with Crippen molar-refractivity contribution in [2.75, 3.05) is 0 Å². The molecule has 0 unspecified atom stereocenters. The monoisotopic (exact) mass is 293 g/mol. The van der Waals surface area contributed by atoms with E-state index in [0.717, 1.165) is 5.56 Å². The van der Waals surface area contributed by atoms with E-state index in [1.165, 1.54) is 0 Å². The molecule has 0 aliphatic rings. The molecule has 0 radical (unpaired) electrons. The van der Waals surface area contributed by atoms with Gasteiger partial charge in [0, 0.05) is 0 Å². The van der Waals surface area contributed by atoms with Crippen molar-refractivity contribution in [2.24, 2.45) is 5.92 Å². The van der Waals surface area contributed by atoms with Gasteiger partial charge in [0.25, 0.3) is 0 Å². The zero-order valence-electron chi connectivity index (χ0n) is 12.9. The fourth-order valence-corrected chi connectivity index (χ4v) is 1.92. The lowest BCUT2D eigenvalue weighted by Crippen LogP contribution is -2.44. The highest BCUT2D eigenvalue weighted by molar-refractivity contribution is 5.85. The zero-order valence-corrected chi connectivity index (χ0v) is 12.9. The van der Waals surface area contributed by atoms with Gasteiger partial charge < -0.3 is 15.2 Å². The van der Waals surface area contributed by atoms with Gasteiger partial charge in [-0.15, -0.1) is 0 Å². The van der Waals surface area contributed by atoms with E-state index in [4.69, 9.17) is 9.84 Å². The summed E-state index contributed by atoms with van der Waals surface area (Å²) in [5, 5.41) is 11.6. The summed E-state index contributed by atoms with van der Waals surface area (Å²) >= 11 is 0. The standard InChI is InChI=1S/C16H23NO4/c1-10(2)15(16(19)20)17-14(18)9-12-6-5-7-13(8-12)21-11(3)4/h5-8,10-11,15H,9H2,1-4H3,(H,17,18)(H,19,20)/t15-/m1/s1. The van der Waals surface area contributed by atoms with E-state index >= 15 is 0 Å². The van der Waals surface area contributed by atoms with Gasteiger partial charge in [-0.25, -0.2) is 4.79 Å². The molecule has 0 aliphatic heterocycles. The van der Waals surface area contributed by atoms with Crippen LogP contribution in [0.4, 0.5) is 0 Å². The Hall–Kier alpha value is -2.04. The summed E-state index contributed by atoms with van der Waals surface area (Å²) in [5.41, 5.74) is 0.790. The van der Waals surface area contributed by atoms with Crippen LogP contribution in [0.2, 0.25) is 0 Å². The average Bonchev–Trinajstić information content (AvgIpc) is 2.34. The molecule has 5 nitrogen and oxygen atoms in total. The normalized spacial score (nSPS) is 12.3. The molecule has 2 N–H and O–H groups in total. The van der Waals surface area contributed by atoms with Crippen molar-refractivity contribution in [3.05, 3.63) is 29.8 Å². The molecular weight excluding hydrogens is 270 g/mol. The Kier molecular flexibility index (Phi) is 6.21. The number of aliphatic carboxylic acids is 1. The van der Waals surface area contributed by atoms with Gasteiger partial charge in [0.05, 0.1) is 12.5 Å². The number of amides is 1. The first kappa shape index (κ1) is 17.0. The first-order chi connectivity index (χ1) is 9.79. The highest BCUT2D eigenvalue weighted by Crippen LogP contribution is 2.15. The molecule has 21 heavy (non-hydrogen) atoms. The van der Waals surface area contributed by atoms with Gasteiger partial charge in [-0.2, -0.15) is 0 Å². The van der Waals surface area contributed by atoms with E-state index in [0.29, 0.717) is 5.75 Å². The van der Waals surface area contributed by atoms with Crippen molar-refractivity contribution in [1.29, 1.82) is 0 Å². The Morgan fingerprint density at radius 1 is 1.24 bits per heavy atom. The molecule has 0 saturated carbocycles. The molecule has 0 aliphatic carbocycles. The van der Waals surface area contributed by atoms with Crippen LogP contribution in [0.15, 0.2) is 24.3 Å². The van der Waals surface area contributed by atoms with Crippen LogP contribution in [0.25, 0.3) is 0 Å². The fourth-order valence-electron chi connectivity index (χ4n) is 1.92. The highest BCUT2D eigenvalue weighted by Gasteiger charge is 2.23. The highest BCUT2D eigenvalue weighted by atomic mass is 16.5. The summed E-state index contributed by atoms with van der Waals surface area (Å²) in [6, 6.07) is 6.39. The summed E-state index contributed by atoms with van der Waals surface area (Å²) in [6.07, 6.45) is 0.192. The van der Waals surface area contributed by atoms with Gasteiger partial charge in [-0.05, 0) is 37.5 Å². The molecule has 1 aromatic carbocycles. The summed E-state index contributed by atoms with van der Waals surface area (Å²) in [6.45, 7) is 7.38. The second kappa shape index (κ2) is 7.67. The van der Waals surface area contributed by atoms with E-state index in [1.807, 2.05) is 32.0 Å². The van der Waals surface area contributed by atoms with Gasteiger partial charge in [-0.3, -0.25) is 4.79 Å². The minimum Gasteiger partial charge on any atom is -0.491 e. The number of hydrogen-bond acceptors (Lipinski definition) is 3. The first-order valence-electron chi connectivity index (χ1n) is 7.07.